The van der Waals surface area contributed by atoms with E-state index in [0.29, 0.717) is 11.4 Å². The Kier molecular flexibility index (Phi) is 5.25. The largest absolute Gasteiger partial charge is 0.508 e. The number of benzene rings is 4. The maximum absolute atomic E-state index is 12.3. The van der Waals surface area contributed by atoms with Gasteiger partial charge < -0.3 is 9.84 Å². The SMILES string of the molecule is O=C(Nc1cccc(-c2ccc(O)cc2)c1)Oc1ccc(-c2ccccc2)cc1. The van der Waals surface area contributed by atoms with Gasteiger partial charge in [-0.2, -0.15) is 0 Å². The second-order valence-corrected chi connectivity index (χ2v) is 6.53. The molecule has 0 saturated carbocycles. The lowest BCUT2D eigenvalue weighted by atomic mass is 10.1. The fourth-order valence-corrected chi connectivity index (χ4v) is 3.03. The number of carbonyl (C=O) groups is 1. The average Bonchev–Trinajstić information content (AvgIpc) is 2.75. The molecule has 29 heavy (non-hydrogen) atoms. The topological polar surface area (TPSA) is 58.6 Å². The van der Waals surface area contributed by atoms with Gasteiger partial charge in [0.25, 0.3) is 0 Å². The Morgan fingerprint density at radius 2 is 1.24 bits per heavy atom. The van der Waals surface area contributed by atoms with Crippen LogP contribution < -0.4 is 10.1 Å². The van der Waals surface area contributed by atoms with Gasteiger partial charge in [-0.3, -0.25) is 5.32 Å². The van der Waals surface area contributed by atoms with E-state index in [1.54, 1.807) is 30.3 Å². The van der Waals surface area contributed by atoms with E-state index in [1.165, 1.54) is 0 Å². The van der Waals surface area contributed by atoms with Crippen LogP contribution in [-0.4, -0.2) is 11.2 Å². The predicted molar refractivity (Wildman–Crippen MR) is 115 cm³/mol. The number of phenolic OH excluding ortho intramolecular Hbond substituents is 1. The lowest BCUT2D eigenvalue weighted by molar-refractivity contribution is 0.215. The molecule has 0 fully saturated rings. The van der Waals surface area contributed by atoms with E-state index in [-0.39, 0.29) is 5.75 Å². The quantitative estimate of drug-likeness (QED) is 0.434. The maximum Gasteiger partial charge on any atom is 0.417 e. The monoisotopic (exact) mass is 381 g/mol. The molecular formula is C25H19NO3. The number of carbonyl (C=O) groups excluding carboxylic acids is 1. The molecule has 4 rings (SSSR count). The third-order valence-corrected chi connectivity index (χ3v) is 4.48. The van der Waals surface area contributed by atoms with Crippen LogP contribution in [-0.2, 0) is 0 Å². The second-order valence-electron chi connectivity index (χ2n) is 6.53. The number of ether oxygens (including phenoxy) is 1. The standard InChI is InChI=1S/C25H19NO3/c27-23-13-9-20(10-14-23)21-7-4-8-22(17-21)26-25(28)29-24-15-11-19(12-16-24)18-5-2-1-3-6-18/h1-17,27H,(H,26,28). The number of anilines is 1. The first kappa shape index (κ1) is 18.3. The smallest absolute Gasteiger partial charge is 0.417 e. The van der Waals surface area contributed by atoms with Gasteiger partial charge in [0.15, 0.2) is 0 Å². The summed E-state index contributed by atoms with van der Waals surface area (Å²) in [6.45, 7) is 0. The van der Waals surface area contributed by atoms with E-state index in [9.17, 15) is 9.90 Å². The highest BCUT2D eigenvalue weighted by molar-refractivity contribution is 5.87. The Labute approximate surface area is 169 Å². The fraction of sp³-hybridized carbons (Fsp3) is 0. The molecule has 0 unspecified atom stereocenters. The summed E-state index contributed by atoms with van der Waals surface area (Å²) in [4.78, 5) is 12.3. The molecule has 2 N–H and O–H groups in total. The molecule has 0 heterocycles. The van der Waals surface area contributed by atoms with Gasteiger partial charge in [-0.15, -0.1) is 0 Å². The van der Waals surface area contributed by atoms with Gasteiger partial charge in [0, 0.05) is 5.69 Å². The molecule has 0 spiro atoms. The fourth-order valence-electron chi connectivity index (χ4n) is 3.03. The number of amides is 1. The number of hydrogen-bond acceptors (Lipinski definition) is 3. The minimum atomic E-state index is -0.555. The first-order valence-corrected chi connectivity index (χ1v) is 9.21. The van der Waals surface area contributed by atoms with Gasteiger partial charge in [-0.25, -0.2) is 4.79 Å². The maximum atomic E-state index is 12.3. The summed E-state index contributed by atoms with van der Waals surface area (Å²) in [5.74, 6) is 0.682. The van der Waals surface area contributed by atoms with Crippen molar-refractivity contribution in [3.63, 3.8) is 0 Å². The molecule has 0 aliphatic heterocycles. The van der Waals surface area contributed by atoms with Crippen LogP contribution in [0.5, 0.6) is 11.5 Å². The summed E-state index contributed by atoms with van der Waals surface area (Å²) in [7, 11) is 0. The van der Waals surface area contributed by atoms with E-state index in [2.05, 4.69) is 5.32 Å². The van der Waals surface area contributed by atoms with Gasteiger partial charge in [-0.05, 0) is 58.7 Å². The van der Waals surface area contributed by atoms with E-state index >= 15 is 0 Å². The van der Waals surface area contributed by atoms with Crippen molar-refractivity contribution in [2.75, 3.05) is 5.32 Å². The number of rotatable bonds is 4. The third kappa shape index (κ3) is 4.62. The molecule has 0 saturated heterocycles. The normalized spacial score (nSPS) is 10.3. The zero-order valence-corrected chi connectivity index (χ0v) is 15.6. The van der Waals surface area contributed by atoms with Gasteiger partial charge in [-0.1, -0.05) is 66.7 Å². The summed E-state index contributed by atoms with van der Waals surface area (Å²) in [5, 5.41) is 12.2. The van der Waals surface area contributed by atoms with Gasteiger partial charge >= 0.3 is 6.09 Å². The minimum absolute atomic E-state index is 0.213. The number of aromatic hydroxyl groups is 1. The van der Waals surface area contributed by atoms with Crippen molar-refractivity contribution in [2.24, 2.45) is 0 Å². The first-order valence-electron chi connectivity index (χ1n) is 9.21. The van der Waals surface area contributed by atoms with Crippen LogP contribution in [0.25, 0.3) is 22.3 Å². The van der Waals surface area contributed by atoms with Crippen LogP contribution in [0.15, 0.2) is 103 Å². The molecule has 4 nitrogen and oxygen atoms in total. The Balaban J connectivity index is 1.42. The Morgan fingerprint density at radius 1 is 0.655 bits per heavy atom. The summed E-state index contributed by atoms with van der Waals surface area (Å²) in [6, 6.07) is 31.7. The number of phenols is 1. The molecule has 1 amide bonds. The van der Waals surface area contributed by atoms with E-state index in [4.69, 9.17) is 4.74 Å². The molecular weight excluding hydrogens is 362 g/mol. The van der Waals surface area contributed by atoms with Crippen LogP contribution in [0, 0.1) is 0 Å². The summed E-state index contributed by atoms with van der Waals surface area (Å²) in [5.41, 5.74) is 4.65. The highest BCUT2D eigenvalue weighted by Gasteiger charge is 2.07. The molecule has 4 aromatic carbocycles. The van der Waals surface area contributed by atoms with Crippen molar-refractivity contribution < 1.29 is 14.6 Å². The van der Waals surface area contributed by atoms with Crippen molar-refractivity contribution in [1.82, 2.24) is 0 Å². The first-order chi connectivity index (χ1) is 14.2. The Hall–Kier alpha value is -4.05. The lowest BCUT2D eigenvalue weighted by Gasteiger charge is -2.09. The van der Waals surface area contributed by atoms with Crippen LogP contribution in [0.4, 0.5) is 10.5 Å². The van der Waals surface area contributed by atoms with E-state index < -0.39 is 6.09 Å². The summed E-state index contributed by atoms with van der Waals surface area (Å²) >= 11 is 0. The highest BCUT2D eigenvalue weighted by Crippen LogP contribution is 2.25. The molecule has 0 aliphatic carbocycles. The molecule has 0 bridgehead atoms. The molecule has 0 aromatic heterocycles. The third-order valence-electron chi connectivity index (χ3n) is 4.48. The van der Waals surface area contributed by atoms with Gasteiger partial charge in [0.1, 0.15) is 11.5 Å². The van der Waals surface area contributed by atoms with Gasteiger partial charge in [0.05, 0.1) is 0 Å². The lowest BCUT2D eigenvalue weighted by Crippen LogP contribution is -2.16. The molecule has 142 valence electrons. The zero-order chi connectivity index (χ0) is 20.1. The Morgan fingerprint density at radius 3 is 1.97 bits per heavy atom. The van der Waals surface area contributed by atoms with Crippen LogP contribution in [0.1, 0.15) is 0 Å². The molecule has 4 heteroatoms. The summed E-state index contributed by atoms with van der Waals surface area (Å²) < 4.78 is 5.39. The van der Waals surface area contributed by atoms with Crippen molar-refractivity contribution in [1.29, 1.82) is 0 Å². The van der Waals surface area contributed by atoms with Crippen molar-refractivity contribution in [2.45, 2.75) is 0 Å². The zero-order valence-electron chi connectivity index (χ0n) is 15.6. The number of hydrogen-bond donors (Lipinski definition) is 2. The Bertz CT molecular complexity index is 1100. The van der Waals surface area contributed by atoms with Crippen LogP contribution in [0.2, 0.25) is 0 Å². The molecule has 0 radical (unpaired) electrons. The van der Waals surface area contributed by atoms with Crippen molar-refractivity contribution >= 4 is 11.8 Å². The molecule has 4 aromatic rings. The average molecular weight is 381 g/mol. The predicted octanol–water partition coefficient (Wildman–Crippen LogP) is 6.34. The van der Waals surface area contributed by atoms with Crippen LogP contribution in [0.3, 0.4) is 0 Å². The summed E-state index contributed by atoms with van der Waals surface area (Å²) in [6.07, 6.45) is -0.555. The molecule has 0 atom stereocenters. The molecule has 0 aliphatic rings. The van der Waals surface area contributed by atoms with Gasteiger partial charge in [0.2, 0.25) is 0 Å². The van der Waals surface area contributed by atoms with E-state index in [1.807, 2.05) is 72.8 Å². The van der Waals surface area contributed by atoms with Crippen molar-refractivity contribution in [3.05, 3.63) is 103 Å². The minimum Gasteiger partial charge on any atom is -0.508 e. The van der Waals surface area contributed by atoms with Crippen molar-refractivity contribution in [3.8, 4) is 33.8 Å². The second kappa shape index (κ2) is 8.31. The number of nitrogens with one attached hydrogen (secondary N) is 1. The highest BCUT2D eigenvalue weighted by atomic mass is 16.6. The van der Waals surface area contributed by atoms with E-state index in [0.717, 1.165) is 22.3 Å². The van der Waals surface area contributed by atoms with Crippen LogP contribution >= 0.6 is 0 Å².